The maximum atomic E-state index is 11.5. The average molecular weight is 364 g/mol. The van der Waals surface area contributed by atoms with Crippen LogP contribution in [0.4, 0.5) is 4.79 Å². The van der Waals surface area contributed by atoms with Gasteiger partial charge in [-0.25, -0.2) is 4.79 Å². The van der Waals surface area contributed by atoms with Crippen LogP contribution in [0.1, 0.15) is 32.8 Å². The third kappa shape index (κ3) is 10.4. The van der Waals surface area contributed by atoms with Gasteiger partial charge in [-0.1, -0.05) is 12.1 Å². The fourth-order valence-electron chi connectivity index (χ4n) is 2.06. The third-order valence-electron chi connectivity index (χ3n) is 3.19. The highest BCUT2D eigenvalue weighted by molar-refractivity contribution is 5.79. The highest BCUT2D eigenvalue weighted by atomic mass is 16.6. The third-order valence-corrected chi connectivity index (χ3v) is 3.19. The van der Waals surface area contributed by atoms with Crippen LogP contribution < -0.4 is 20.7 Å². The van der Waals surface area contributed by atoms with Crippen molar-refractivity contribution in [1.29, 1.82) is 0 Å². The zero-order valence-electron chi connectivity index (χ0n) is 16.5. The molecule has 0 spiro atoms. The lowest BCUT2D eigenvalue weighted by Crippen LogP contribution is -2.40. The van der Waals surface area contributed by atoms with E-state index < -0.39 is 11.7 Å². The summed E-state index contributed by atoms with van der Waals surface area (Å²) in [7, 11) is 1.72. The molecule has 1 amide bonds. The molecule has 26 heavy (non-hydrogen) atoms. The number of amides is 1. The molecule has 0 atom stereocenters. The Morgan fingerprint density at radius 1 is 1.12 bits per heavy atom. The van der Waals surface area contributed by atoms with E-state index in [0.29, 0.717) is 32.2 Å². The molecule has 146 valence electrons. The Morgan fingerprint density at radius 3 is 2.46 bits per heavy atom. The number of rotatable bonds is 8. The zero-order valence-corrected chi connectivity index (χ0v) is 16.5. The molecule has 3 N–H and O–H groups in total. The van der Waals surface area contributed by atoms with E-state index in [2.05, 4.69) is 20.9 Å². The molecule has 0 saturated heterocycles. The number of nitrogens with zero attached hydrogens (tertiary/aromatic N) is 1. The zero-order chi connectivity index (χ0) is 19.4. The predicted octanol–water partition coefficient (Wildman–Crippen LogP) is 2.45. The van der Waals surface area contributed by atoms with Gasteiger partial charge in [0.15, 0.2) is 5.96 Å². The topological polar surface area (TPSA) is 84.0 Å². The number of guanidine groups is 1. The lowest BCUT2D eigenvalue weighted by Gasteiger charge is -2.19. The normalized spacial score (nSPS) is 11.7. The molecule has 0 fully saturated rings. The maximum Gasteiger partial charge on any atom is 0.407 e. The number of hydrogen-bond donors (Lipinski definition) is 3. The molecule has 0 bridgehead atoms. The van der Waals surface area contributed by atoms with Crippen molar-refractivity contribution in [3.8, 4) is 5.75 Å². The van der Waals surface area contributed by atoms with Crippen LogP contribution in [0, 0.1) is 6.92 Å². The van der Waals surface area contributed by atoms with Crippen molar-refractivity contribution >= 4 is 12.1 Å². The number of carbonyl (C=O) groups is 1. The highest BCUT2D eigenvalue weighted by Gasteiger charge is 2.15. The molecule has 0 aliphatic heterocycles. The molecule has 0 heterocycles. The highest BCUT2D eigenvalue weighted by Crippen LogP contribution is 2.11. The number of benzene rings is 1. The minimum Gasteiger partial charge on any atom is -0.492 e. The second-order valence-corrected chi connectivity index (χ2v) is 6.87. The largest absolute Gasteiger partial charge is 0.492 e. The maximum absolute atomic E-state index is 11.5. The van der Waals surface area contributed by atoms with Crippen LogP contribution in [0.25, 0.3) is 0 Å². The summed E-state index contributed by atoms with van der Waals surface area (Å²) >= 11 is 0. The van der Waals surface area contributed by atoms with E-state index in [1.165, 1.54) is 5.56 Å². The van der Waals surface area contributed by atoms with Crippen LogP contribution in [0.15, 0.2) is 29.3 Å². The Balaban J connectivity index is 2.11. The Hall–Kier alpha value is -2.44. The summed E-state index contributed by atoms with van der Waals surface area (Å²) in [6, 6.07) is 7.96. The van der Waals surface area contributed by atoms with Crippen molar-refractivity contribution in [3.05, 3.63) is 29.8 Å². The van der Waals surface area contributed by atoms with Gasteiger partial charge >= 0.3 is 6.09 Å². The van der Waals surface area contributed by atoms with Gasteiger partial charge in [0.2, 0.25) is 0 Å². The first-order valence-electron chi connectivity index (χ1n) is 8.91. The smallest absolute Gasteiger partial charge is 0.407 e. The number of ether oxygens (including phenoxy) is 2. The van der Waals surface area contributed by atoms with Crippen LogP contribution in [-0.2, 0) is 4.74 Å². The molecular weight excluding hydrogens is 332 g/mol. The van der Waals surface area contributed by atoms with Crippen LogP contribution in [0.2, 0.25) is 0 Å². The van der Waals surface area contributed by atoms with Crippen molar-refractivity contribution < 1.29 is 14.3 Å². The molecule has 0 radical (unpaired) electrons. The predicted molar refractivity (Wildman–Crippen MR) is 105 cm³/mol. The van der Waals surface area contributed by atoms with E-state index in [9.17, 15) is 4.79 Å². The molecule has 7 heteroatoms. The Bertz CT molecular complexity index is 582. The summed E-state index contributed by atoms with van der Waals surface area (Å²) in [4.78, 5) is 15.7. The molecule has 0 aliphatic rings. The van der Waals surface area contributed by atoms with Crippen LogP contribution in [-0.4, -0.2) is 50.9 Å². The molecular formula is C19H32N4O3. The Kier molecular flexibility index (Phi) is 9.33. The van der Waals surface area contributed by atoms with Gasteiger partial charge in [-0.15, -0.1) is 0 Å². The minimum atomic E-state index is -0.477. The van der Waals surface area contributed by atoms with Gasteiger partial charge in [0.05, 0.1) is 6.54 Å². The Labute approximate surface area is 156 Å². The summed E-state index contributed by atoms with van der Waals surface area (Å²) in [6.07, 6.45) is 0.369. The lowest BCUT2D eigenvalue weighted by molar-refractivity contribution is 0.0527. The summed E-state index contributed by atoms with van der Waals surface area (Å²) in [5, 5.41) is 9.10. The second-order valence-electron chi connectivity index (χ2n) is 6.87. The van der Waals surface area contributed by atoms with Crippen LogP contribution in [0.3, 0.4) is 0 Å². The fraction of sp³-hybridized carbons (Fsp3) is 0.579. The monoisotopic (exact) mass is 364 g/mol. The summed E-state index contributed by atoms with van der Waals surface area (Å²) < 4.78 is 10.9. The van der Waals surface area contributed by atoms with Gasteiger partial charge in [-0.05, 0) is 51.8 Å². The lowest BCUT2D eigenvalue weighted by atomic mass is 10.2. The van der Waals surface area contributed by atoms with Gasteiger partial charge in [-0.2, -0.15) is 0 Å². The molecule has 1 rings (SSSR count). The molecule has 1 aromatic rings. The minimum absolute atomic E-state index is 0.395. The number of nitrogens with one attached hydrogen (secondary N) is 3. The van der Waals surface area contributed by atoms with Gasteiger partial charge < -0.3 is 25.4 Å². The molecule has 0 unspecified atom stereocenters. The van der Waals surface area contributed by atoms with Crippen molar-refractivity contribution in [3.63, 3.8) is 0 Å². The number of carbonyl (C=O) groups excluding carboxylic acids is 1. The standard InChI is InChI=1S/C19H32N4O3/c1-15-8-6-9-16(14-15)25-13-12-22-17(20-5)21-10-7-11-23-18(24)26-19(2,3)4/h6,8-9,14H,7,10-13H2,1-5H3,(H,23,24)(H2,20,21,22). The van der Waals surface area contributed by atoms with Crippen molar-refractivity contribution in [2.75, 3.05) is 33.3 Å². The van der Waals surface area contributed by atoms with Gasteiger partial charge in [0, 0.05) is 20.1 Å². The van der Waals surface area contributed by atoms with Crippen molar-refractivity contribution in [2.45, 2.75) is 39.7 Å². The van der Waals surface area contributed by atoms with E-state index in [-0.39, 0.29) is 0 Å². The molecule has 0 aliphatic carbocycles. The van der Waals surface area contributed by atoms with Crippen molar-refractivity contribution in [1.82, 2.24) is 16.0 Å². The molecule has 7 nitrogen and oxygen atoms in total. The quantitative estimate of drug-likeness (QED) is 0.375. The van der Waals surface area contributed by atoms with Crippen LogP contribution in [0.5, 0.6) is 5.75 Å². The van der Waals surface area contributed by atoms with Crippen LogP contribution >= 0.6 is 0 Å². The van der Waals surface area contributed by atoms with Gasteiger partial charge in [-0.3, -0.25) is 4.99 Å². The first kappa shape index (κ1) is 21.6. The first-order chi connectivity index (χ1) is 12.3. The molecule has 1 aromatic carbocycles. The average Bonchev–Trinajstić information content (AvgIpc) is 2.55. The summed E-state index contributed by atoms with van der Waals surface area (Å²) in [5.41, 5.74) is 0.697. The Morgan fingerprint density at radius 2 is 1.81 bits per heavy atom. The fourth-order valence-corrected chi connectivity index (χ4v) is 2.06. The number of alkyl carbamates (subject to hydrolysis) is 1. The summed E-state index contributed by atoms with van der Waals surface area (Å²) in [6.45, 7) is 9.97. The number of aryl methyl sites for hydroxylation is 1. The number of aliphatic imine (C=N–C) groups is 1. The number of hydrogen-bond acceptors (Lipinski definition) is 4. The van der Waals surface area contributed by atoms with Gasteiger partial charge in [0.25, 0.3) is 0 Å². The molecule has 0 aromatic heterocycles. The van der Waals surface area contributed by atoms with E-state index in [1.54, 1.807) is 7.05 Å². The van der Waals surface area contributed by atoms with E-state index in [4.69, 9.17) is 9.47 Å². The van der Waals surface area contributed by atoms with Gasteiger partial charge in [0.1, 0.15) is 18.0 Å². The SMILES string of the molecule is CN=C(NCCCNC(=O)OC(C)(C)C)NCCOc1cccc(C)c1. The summed E-state index contributed by atoms with van der Waals surface area (Å²) in [5.74, 6) is 1.57. The van der Waals surface area contributed by atoms with E-state index in [1.807, 2.05) is 52.0 Å². The van der Waals surface area contributed by atoms with Crippen molar-refractivity contribution in [2.24, 2.45) is 4.99 Å². The second kappa shape index (κ2) is 11.2. The van der Waals surface area contributed by atoms with E-state index >= 15 is 0 Å². The first-order valence-corrected chi connectivity index (χ1v) is 8.91. The van der Waals surface area contributed by atoms with E-state index in [0.717, 1.165) is 12.2 Å². The molecule has 0 saturated carbocycles.